The summed E-state index contributed by atoms with van der Waals surface area (Å²) in [6, 6.07) is 0.467. The summed E-state index contributed by atoms with van der Waals surface area (Å²) in [6.07, 6.45) is 0.318. The van der Waals surface area contributed by atoms with Gasteiger partial charge in [0, 0.05) is 11.3 Å². The molecule has 0 spiro atoms. The molecule has 1 saturated heterocycles. The molecule has 21 heavy (non-hydrogen) atoms. The number of urea groups is 1. The van der Waals surface area contributed by atoms with Gasteiger partial charge in [-0.25, -0.2) is 9.59 Å². The van der Waals surface area contributed by atoms with Crippen molar-refractivity contribution in [3.8, 4) is 0 Å². The third kappa shape index (κ3) is 3.78. The molecule has 1 fully saturated rings. The number of hydrogen-bond acceptors (Lipinski definition) is 5. The lowest BCUT2D eigenvalue weighted by molar-refractivity contribution is -0.139. The van der Waals surface area contributed by atoms with E-state index in [9.17, 15) is 19.2 Å². The van der Waals surface area contributed by atoms with E-state index >= 15 is 0 Å². The van der Waals surface area contributed by atoms with Crippen molar-refractivity contribution in [2.24, 2.45) is 0 Å². The molecule has 0 aromatic carbocycles. The van der Waals surface area contributed by atoms with Crippen LogP contribution in [-0.2, 0) is 14.4 Å². The van der Waals surface area contributed by atoms with Gasteiger partial charge in [0.15, 0.2) is 6.04 Å². The number of carboxylic acids is 1. The van der Waals surface area contributed by atoms with Crippen LogP contribution in [-0.4, -0.2) is 35.0 Å². The number of amides is 4. The number of nitrogens with one attached hydrogen (secondary N) is 3. The molecule has 4 N–H and O–H groups in total. The minimum atomic E-state index is -1.20. The van der Waals surface area contributed by atoms with Crippen LogP contribution in [0.1, 0.15) is 23.8 Å². The number of imide groups is 1. The normalized spacial score (nSPS) is 19.5. The molecule has 1 aliphatic heterocycles. The lowest BCUT2D eigenvalue weighted by atomic mass is 10.1. The smallest absolute Gasteiger partial charge is 0.331 e. The highest BCUT2D eigenvalue weighted by Gasteiger charge is 2.29. The van der Waals surface area contributed by atoms with Gasteiger partial charge in [0.1, 0.15) is 6.04 Å². The molecule has 0 aliphatic carbocycles. The standard InChI is InChI=1S/C12H13N3O5S/c16-8-4-3-6(10(17)14-8)13-12(20)15-9(11(18)19)7-2-1-5-21-7/h1-2,5-6,9H,3-4H2,(H,18,19)(H2,13,15,20)(H,14,16,17). The second kappa shape index (κ2) is 6.35. The van der Waals surface area contributed by atoms with Crippen molar-refractivity contribution in [3.05, 3.63) is 22.4 Å². The van der Waals surface area contributed by atoms with Crippen LogP contribution < -0.4 is 16.0 Å². The molecule has 1 aromatic rings. The number of rotatable bonds is 4. The first-order valence-electron chi connectivity index (χ1n) is 6.14. The Balaban J connectivity index is 1.95. The lowest BCUT2D eigenvalue weighted by Crippen LogP contribution is -2.55. The molecule has 0 bridgehead atoms. The van der Waals surface area contributed by atoms with Crippen LogP contribution in [0.15, 0.2) is 17.5 Å². The first kappa shape index (κ1) is 15.0. The largest absolute Gasteiger partial charge is 0.479 e. The number of carbonyl (C=O) groups is 4. The highest BCUT2D eigenvalue weighted by atomic mass is 32.1. The SMILES string of the molecule is O=C1CCC(NC(=O)NC(C(=O)O)c2cccs2)C(=O)N1. The summed E-state index contributed by atoms with van der Waals surface area (Å²) in [6.45, 7) is 0. The molecule has 1 aromatic heterocycles. The zero-order chi connectivity index (χ0) is 15.4. The molecule has 2 atom stereocenters. The second-order valence-corrected chi connectivity index (χ2v) is 5.39. The monoisotopic (exact) mass is 311 g/mol. The first-order chi connectivity index (χ1) is 9.97. The highest BCUT2D eigenvalue weighted by Crippen LogP contribution is 2.19. The average molecular weight is 311 g/mol. The summed E-state index contributed by atoms with van der Waals surface area (Å²) < 4.78 is 0. The summed E-state index contributed by atoms with van der Waals surface area (Å²) in [7, 11) is 0. The van der Waals surface area contributed by atoms with Crippen LogP contribution in [0, 0.1) is 0 Å². The quantitative estimate of drug-likeness (QED) is 0.582. The Hall–Kier alpha value is -2.42. The summed E-state index contributed by atoms with van der Waals surface area (Å²) >= 11 is 1.20. The minimum Gasteiger partial charge on any atom is -0.479 e. The first-order valence-corrected chi connectivity index (χ1v) is 7.02. The Kier molecular flexibility index (Phi) is 4.53. The van der Waals surface area contributed by atoms with Gasteiger partial charge in [0.05, 0.1) is 0 Å². The number of aliphatic carboxylic acids is 1. The zero-order valence-corrected chi connectivity index (χ0v) is 11.6. The van der Waals surface area contributed by atoms with Gasteiger partial charge >= 0.3 is 12.0 Å². The third-order valence-corrected chi connectivity index (χ3v) is 3.83. The van der Waals surface area contributed by atoms with Crippen molar-refractivity contribution < 1.29 is 24.3 Å². The Morgan fingerprint density at radius 2 is 2.19 bits per heavy atom. The molecule has 1 aliphatic rings. The van der Waals surface area contributed by atoms with E-state index in [1.165, 1.54) is 11.3 Å². The maximum Gasteiger partial charge on any atom is 0.331 e. The molecular formula is C12H13N3O5S. The molecule has 0 saturated carbocycles. The van der Waals surface area contributed by atoms with Gasteiger partial charge in [0.2, 0.25) is 11.8 Å². The van der Waals surface area contributed by atoms with Crippen molar-refractivity contribution in [2.45, 2.75) is 24.9 Å². The fourth-order valence-electron chi connectivity index (χ4n) is 1.87. The maximum absolute atomic E-state index is 11.8. The molecule has 2 unspecified atom stereocenters. The number of carbonyl (C=O) groups excluding carboxylic acids is 3. The number of hydrogen-bond donors (Lipinski definition) is 4. The van der Waals surface area contributed by atoms with E-state index < -0.39 is 30.0 Å². The third-order valence-electron chi connectivity index (χ3n) is 2.89. The molecule has 2 rings (SSSR count). The van der Waals surface area contributed by atoms with Crippen LogP contribution in [0.3, 0.4) is 0 Å². The fraction of sp³-hybridized carbons (Fsp3) is 0.333. The van der Waals surface area contributed by atoms with Gasteiger partial charge in [-0.15, -0.1) is 11.3 Å². The van der Waals surface area contributed by atoms with Crippen molar-refractivity contribution in [2.75, 3.05) is 0 Å². The zero-order valence-electron chi connectivity index (χ0n) is 10.8. The van der Waals surface area contributed by atoms with Crippen molar-refractivity contribution in [1.29, 1.82) is 0 Å². The van der Waals surface area contributed by atoms with Gasteiger partial charge < -0.3 is 15.7 Å². The molecule has 4 amide bonds. The summed E-state index contributed by atoms with van der Waals surface area (Å²) in [4.78, 5) is 45.9. The van der Waals surface area contributed by atoms with Crippen LogP contribution in [0.25, 0.3) is 0 Å². The minimum absolute atomic E-state index is 0.129. The Morgan fingerprint density at radius 3 is 2.76 bits per heavy atom. The van der Waals surface area contributed by atoms with E-state index in [0.717, 1.165) is 0 Å². The summed E-state index contributed by atoms with van der Waals surface area (Å²) in [5.41, 5.74) is 0. The average Bonchev–Trinajstić information content (AvgIpc) is 2.92. The number of piperidine rings is 1. The summed E-state index contributed by atoms with van der Waals surface area (Å²) in [5, 5.41) is 17.6. The van der Waals surface area contributed by atoms with E-state index in [2.05, 4.69) is 16.0 Å². The maximum atomic E-state index is 11.8. The molecular weight excluding hydrogens is 298 g/mol. The molecule has 0 radical (unpaired) electrons. The van der Waals surface area contributed by atoms with Crippen molar-refractivity contribution in [1.82, 2.24) is 16.0 Å². The number of carboxylic acid groups (broad SMARTS) is 1. The molecule has 2 heterocycles. The molecule has 8 nitrogen and oxygen atoms in total. The fourth-order valence-corrected chi connectivity index (χ4v) is 2.64. The van der Waals surface area contributed by atoms with E-state index in [4.69, 9.17) is 5.11 Å². The van der Waals surface area contributed by atoms with Gasteiger partial charge in [0.25, 0.3) is 0 Å². The highest BCUT2D eigenvalue weighted by molar-refractivity contribution is 7.10. The van der Waals surface area contributed by atoms with Crippen molar-refractivity contribution in [3.63, 3.8) is 0 Å². The Morgan fingerprint density at radius 1 is 1.43 bits per heavy atom. The predicted molar refractivity (Wildman–Crippen MR) is 72.5 cm³/mol. The van der Waals surface area contributed by atoms with Crippen LogP contribution in [0.4, 0.5) is 4.79 Å². The Bertz CT molecular complexity index is 571. The topological polar surface area (TPSA) is 125 Å². The van der Waals surface area contributed by atoms with E-state index in [-0.39, 0.29) is 18.7 Å². The van der Waals surface area contributed by atoms with E-state index in [1.54, 1.807) is 17.5 Å². The van der Waals surface area contributed by atoms with Gasteiger partial charge in [-0.3, -0.25) is 14.9 Å². The predicted octanol–water partition coefficient (Wildman–Crippen LogP) is -0.0218. The van der Waals surface area contributed by atoms with Crippen LogP contribution in [0.2, 0.25) is 0 Å². The Labute approximate surface area is 123 Å². The van der Waals surface area contributed by atoms with Crippen molar-refractivity contribution >= 4 is 35.2 Å². The summed E-state index contributed by atoms with van der Waals surface area (Å²) in [5.74, 6) is -2.18. The van der Waals surface area contributed by atoms with Gasteiger partial charge in [-0.2, -0.15) is 0 Å². The van der Waals surface area contributed by atoms with E-state index in [0.29, 0.717) is 4.88 Å². The van der Waals surface area contributed by atoms with Gasteiger partial charge in [-0.05, 0) is 17.9 Å². The van der Waals surface area contributed by atoms with Gasteiger partial charge in [-0.1, -0.05) is 6.07 Å². The molecule has 112 valence electrons. The number of thiophene rings is 1. The van der Waals surface area contributed by atoms with Crippen LogP contribution >= 0.6 is 11.3 Å². The second-order valence-electron chi connectivity index (χ2n) is 4.41. The molecule has 9 heteroatoms. The van der Waals surface area contributed by atoms with Crippen LogP contribution in [0.5, 0.6) is 0 Å². The van der Waals surface area contributed by atoms with E-state index in [1.807, 2.05) is 0 Å². The lowest BCUT2D eigenvalue weighted by Gasteiger charge is -2.23.